The summed E-state index contributed by atoms with van der Waals surface area (Å²) in [6.07, 6.45) is 5.03. The molecule has 0 radical (unpaired) electrons. The van der Waals surface area contributed by atoms with Crippen LogP contribution in [-0.4, -0.2) is 15.8 Å². The van der Waals surface area contributed by atoms with Crippen LogP contribution in [0.4, 0.5) is 0 Å². The van der Waals surface area contributed by atoms with Gasteiger partial charge < -0.3 is 0 Å². The molecular weight excluding hydrogens is 218 g/mol. The maximum Gasteiger partial charge on any atom is 0.223 e. The molecule has 0 atom stereocenters. The van der Waals surface area contributed by atoms with Crippen LogP contribution in [0.3, 0.4) is 0 Å². The van der Waals surface area contributed by atoms with Gasteiger partial charge in [-0.15, -0.1) is 11.6 Å². The average molecular weight is 223 g/mol. The van der Waals surface area contributed by atoms with Crippen LogP contribution in [0.2, 0.25) is 10.4 Å². The van der Waals surface area contributed by atoms with Gasteiger partial charge in [0.2, 0.25) is 5.28 Å². The maximum absolute atomic E-state index is 5.74. The Hall–Kier alpha value is -0.310. The molecule has 0 aromatic carbocycles. The van der Waals surface area contributed by atoms with Crippen LogP contribution in [-0.2, 0) is 0 Å². The Morgan fingerprint density at radius 1 is 1.42 bits per heavy atom. The normalized spacial score (nSPS) is 10.9. The van der Waals surface area contributed by atoms with E-state index >= 15 is 0 Å². The summed E-state index contributed by atoms with van der Waals surface area (Å²) in [4.78, 5) is 7.52. The van der Waals surface area contributed by atoms with Crippen LogP contribution in [0, 0.1) is 0 Å². The number of hydrogen-bond donors (Lipinski definition) is 0. The second kappa shape index (κ2) is 4.65. The molecule has 0 bridgehead atoms. The Morgan fingerprint density at radius 2 is 2.17 bits per heavy atom. The fourth-order valence-electron chi connectivity index (χ4n) is 0.634. The third kappa shape index (κ3) is 2.63. The van der Waals surface area contributed by atoms with E-state index in [9.17, 15) is 0 Å². The molecule has 5 heteroatoms. The Labute approximate surface area is 85.2 Å². The predicted molar refractivity (Wildman–Crippen MR) is 51.8 cm³/mol. The minimum absolute atomic E-state index is 0.142. The van der Waals surface area contributed by atoms with E-state index in [4.69, 9.17) is 34.8 Å². The molecule has 0 spiro atoms. The Balaban J connectivity index is 2.94. The van der Waals surface area contributed by atoms with E-state index in [1.54, 1.807) is 18.3 Å². The summed E-state index contributed by atoms with van der Waals surface area (Å²) in [7, 11) is 0. The van der Waals surface area contributed by atoms with Gasteiger partial charge in [-0.3, -0.25) is 0 Å². The van der Waals surface area contributed by atoms with Crippen molar-refractivity contribution in [1.29, 1.82) is 0 Å². The van der Waals surface area contributed by atoms with Crippen LogP contribution in [0.15, 0.2) is 12.3 Å². The number of rotatable bonds is 2. The monoisotopic (exact) mass is 222 g/mol. The first-order valence-corrected chi connectivity index (χ1v) is 4.43. The largest absolute Gasteiger partial charge is 0.226 e. The highest BCUT2D eigenvalue weighted by Gasteiger charge is 1.98. The summed E-state index contributed by atoms with van der Waals surface area (Å²) in [5.74, 6) is 0.430. The summed E-state index contributed by atoms with van der Waals surface area (Å²) >= 11 is 16.7. The van der Waals surface area contributed by atoms with E-state index in [0.29, 0.717) is 16.6 Å². The van der Waals surface area contributed by atoms with Gasteiger partial charge in [0.05, 0.1) is 0 Å². The molecule has 0 aliphatic carbocycles. The highest BCUT2D eigenvalue weighted by atomic mass is 35.5. The first-order valence-electron chi connectivity index (χ1n) is 3.14. The smallest absolute Gasteiger partial charge is 0.223 e. The maximum atomic E-state index is 5.74. The number of nitrogens with zero attached hydrogens (tertiary/aromatic N) is 2. The molecule has 0 aliphatic rings. The zero-order valence-electron chi connectivity index (χ0n) is 5.97. The van der Waals surface area contributed by atoms with Gasteiger partial charge in [0.25, 0.3) is 0 Å². The standard InChI is InChI=1S/C7H5Cl3N2/c8-3-1-2-5-4-11-7(10)12-6(5)9/h1-2,4H,3H2. The fourth-order valence-corrected chi connectivity index (χ4v) is 1.09. The van der Waals surface area contributed by atoms with E-state index in [1.807, 2.05) is 0 Å². The first kappa shape index (κ1) is 9.78. The van der Waals surface area contributed by atoms with Crippen LogP contribution < -0.4 is 0 Å². The van der Waals surface area contributed by atoms with E-state index in [1.165, 1.54) is 0 Å². The fraction of sp³-hybridized carbons (Fsp3) is 0.143. The molecule has 1 rings (SSSR count). The lowest BCUT2D eigenvalue weighted by atomic mass is 10.3. The molecule has 12 heavy (non-hydrogen) atoms. The lowest BCUT2D eigenvalue weighted by Gasteiger charge is -1.95. The van der Waals surface area contributed by atoms with Crippen LogP contribution in [0.5, 0.6) is 0 Å². The summed E-state index contributed by atoms with van der Waals surface area (Å²) in [5, 5.41) is 0.472. The van der Waals surface area contributed by atoms with Crippen LogP contribution >= 0.6 is 34.8 Å². The Morgan fingerprint density at radius 3 is 2.75 bits per heavy atom. The van der Waals surface area contributed by atoms with Crippen molar-refractivity contribution < 1.29 is 0 Å². The van der Waals surface area contributed by atoms with Crippen molar-refractivity contribution in [3.8, 4) is 0 Å². The van der Waals surface area contributed by atoms with Gasteiger partial charge in [-0.1, -0.05) is 23.8 Å². The Bertz CT molecular complexity index is 299. The van der Waals surface area contributed by atoms with Crippen molar-refractivity contribution in [1.82, 2.24) is 9.97 Å². The lowest BCUT2D eigenvalue weighted by Crippen LogP contribution is -1.85. The van der Waals surface area contributed by atoms with Gasteiger partial charge in [0.15, 0.2) is 0 Å². The molecule has 0 fully saturated rings. The van der Waals surface area contributed by atoms with Crippen molar-refractivity contribution in [3.05, 3.63) is 28.3 Å². The molecule has 0 saturated heterocycles. The zero-order chi connectivity index (χ0) is 8.97. The zero-order valence-corrected chi connectivity index (χ0v) is 8.24. The molecule has 1 aromatic rings. The number of hydrogen-bond acceptors (Lipinski definition) is 2. The molecule has 0 N–H and O–H groups in total. The number of allylic oxidation sites excluding steroid dienone is 1. The van der Waals surface area contributed by atoms with E-state index < -0.39 is 0 Å². The van der Waals surface area contributed by atoms with Crippen molar-refractivity contribution in [3.63, 3.8) is 0 Å². The highest BCUT2D eigenvalue weighted by Crippen LogP contribution is 2.15. The molecule has 1 aromatic heterocycles. The third-order valence-corrected chi connectivity index (χ3v) is 1.79. The van der Waals surface area contributed by atoms with Crippen molar-refractivity contribution in [2.75, 3.05) is 5.88 Å². The summed E-state index contributed by atoms with van der Waals surface area (Å²) in [6.45, 7) is 0. The molecule has 1 heterocycles. The topological polar surface area (TPSA) is 25.8 Å². The second-order valence-corrected chi connectivity index (χ2v) is 2.95. The van der Waals surface area contributed by atoms with E-state index in [-0.39, 0.29) is 5.28 Å². The number of halogens is 3. The highest BCUT2D eigenvalue weighted by molar-refractivity contribution is 6.32. The molecule has 0 amide bonds. The predicted octanol–water partition coefficient (Wildman–Crippen LogP) is 3.04. The van der Waals surface area contributed by atoms with Crippen LogP contribution in [0.25, 0.3) is 6.08 Å². The minimum Gasteiger partial charge on any atom is -0.226 e. The molecule has 64 valence electrons. The Kier molecular flexibility index (Phi) is 3.79. The lowest BCUT2D eigenvalue weighted by molar-refractivity contribution is 1.16. The van der Waals surface area contributed by atoms with E-state index in [0.717, 1.165) is 0 Å². The van der Waals surface area contributed by atoms with Crippen molar-refractivity contribution in [2.45, 2.75) is 0 Å². The molecule has 2 nitrogen and oxygen atoms in total. The van der Waals surface area contributed by atoms with Crippen LogP contribution in [0.1, 0.15) is 5.56 Å². The molecule has 0 aliphatic heterocycles. The average Bonchev–Trinajstić information content (AvgIpc) is 2.03. The second-order valence-electron chi connectivity index (χ2n) is 1.94. The summed E-state index contributed by atoms with van der Waals surface area (Å²) in [6, 6.07) is 0. The molecular formula is C7H5Cl3N2. The third-order valence-electron chi connectivity index (χ3n) is 1.13. The SMILES string of the molecule is ClCC=Cc1cnc(Cl)nc1Cl. The van der Waals surface area contributed by atoms with Gasteiger partial charge in [-0.2, -0.15) is 0 Å². The molecule has 0 unspecified atom stereocenters. The number of alkyl halides is 1. The van der Waals surface area contributed by atoms with Gasteiger partial charge in [0.1, 0.15) is 5.15 Å². The minimum atomic E-state index is 0.142. The van der Waals surface area contributed by atoms with Gasteiger partial charge in [-0.25, -0.2) is 9.97 Å². The van der Waals surface area contributed by atoms with Gasteiger partial charge in [0, 0.05) is 17.6 Å². The van der Waals surface area contributed by atoms with Crippen molar-refractivity contribution in [2.24, 2.45) is 0 Å². The number of aromatic nitrogens is 2. The van der Waals surface area contributed by atoms with Gasteiger partial charge >= 0.3 is 0 Å². The summed E-state index contributed by atoms with van der Waals surface area (Å²) < 4.78 is 0. The van der Waals surface area contributed by atoms with Gasteiger partial charge in [-0.05, 0) is 11.6 Å². The molecule has 0 saturated carbocycles. The first-order chi connectivity index (χ1) is 5.74. The summed E-state index contributed by atoms with van der Waals surface area (Å²) in [5.41, 5.74) is 0.710. The quantitative estimate of drug-likeness (QED) is 0.437. The van der Waals surface area contributed by atoms with Crippen molar-refractivity contribution >= 4 is 40.9 Å². The van der Waals surface area contributed by atoms with E-state index in [2.05, 4.69) is 9.97 Å².